The average Bonchev–Trinajstić information content (AvgIpc) is 3.42. The van der Waals surface area contributed by atoms with E-state index in [1.54, 1.807) is 0 Å². The Morgan fingerprint density at radius 2 is 2.04 bits per heavy atom. The van der Waals surface area contributed by atoms with E-state index in [4.69, 9.17) is 9.72 Å². The molecule has 6 nitrogen and oxygen atoms in total. The van der Waals surface area contributed by atoms with E-state index in [1.807, 2.05) is 42.6 Å². The van der Waals surface area contributed by atoms with Crippen molar-refractivity contribution in [3.63, 3.8) is 0 Å². The second-order valence-electron chi connectivity index (χ2n) is 6.97. The van der Waals surface area contributed by atoms with E-state index in [1.165, 1.54) is 12.8 Å². The summed E-state index contributed by atoms with van der Waals surface area (Å²) >= 11 is 0. The van der Waals surface area contributed by atoms with Gasteiger partial charge < -0.3 is 15.0 Å². The minimum atomic E-state index is 0.0282. The normalized spacial score (nSPS) is 19.4. The zero-order valence-corrected chi connectivity index (χ0v) is 14.8. The first-order valence-corrected chi connectivity index (χ1v) is 9.33. The number of hydrogen-bond acceptors (Lipinski definition) is 5. The average molecular weight is 352 g/mol. The smallest absolute Gasteiger partial charge is 0.225 e. The van der Waals surface area contributed by atoms with Crippen molar-refractivity contribution in [1.82, 2.24) is 15.3 Å². The molecule has 1 unspecified atom stereocenters. The number of carbonyl (C=O) groups is 1. The first kappa shape index (κ1) is 16.8. The third-order valence-corrected chi connectivity index (χ3v) is 4.84. The summed E-state index contributed by atoms with van der Waals surface area (Å²) in [4.78, 5) is 23.4. The molecule has 1 aliphatic carbocycles. The topological polar surface area (TPSA) is 67.3 Å². The van der Waals surface area contributed by atoms with Crippen molar-refractivity contribution in [1.29, 1.82) is 0 Å². The standard InChI is InChI=1S/C20H24N4O2/c25-19(10-13-26-17-4-2-1-3-5-17)22-16-9-12-24(14-16)20-21-11-8-18(23-20)15-6-7-15/h1-5,8,11,15-16H,6-7,9-10,12-14H2,(H,22,25). The van der Waals surface area contributed by atoms with Crippen molar-refractivity contribution in [3.05, 3.63) is 48.3 Å². The number of carbonyl (C=O) groups excluding carboxylic acids is 1. The van der Waals surface area contributed by atoms with Gasteiger partial charge in [0.1, 0.15) is 5.75 Å². The van der Waals surface area contributed by atoms with Gasteiger partial charge in [-0.1, -0.05) is 18.2 Å². The molecule has 1 aromatic heterocycles. The van der Waals surface area contributed by atoms with Crippen LogP contribution in [-0.2, 0) is 4.79 Å². The number of nitrogens with one attached hydrogen (secondary N) is 1. The van der Waals surface area contributed by atoms with Gasteiger partial charge in [0.15, 0.2) is 0 Å². The summed E-state index contributed by atoms with van der Waals surface area (Å²) in [5.41, 5.74) is 1.15. The Kier molecular flexibility index (Phi) is 5.00. The fourth-order valence-corrected chi connectivity index (χ4v) is 3.26. The van der Waals surface area contributed by atoms with Gasteiger partial charge in [-0.3, -0.25) is 4.79 Å². The van der Waals surface area contributed by atoms with E-state index in [9.17, 15) is 4.79 Å². The third-order valence-electron chi connectivity index (χ3n) is 4.84. The summed E-state index contributed by atoms with van der Waals surface area (Å²) in [7, 11) is 0. The second kappa shape index (κ2) is 7.72. The minimum Gasteiger partial charge on any atom is -0.493 e. The Balaban J connectivity index is 1.22. The van der Waals surface area contributed by atoms with E-state index >= 15 is 0 Å². The summed E-state index contributed by atoms with van der Waals surface area (Å²) in [5.74, 6) is 2.23. The number of nitrogens with zero attached hydrogens (tertiary/aromatic N) is 3. The lowest BCUT2D eigenvalue weighted by Gasteiger charge is -2.17. The number of amides is 1. The fourth-order valence-electron chi connectivity index (χ4n) is 3.26. The molecule has 2 fully saturated rings. The first-order valence-electron chi connectivity index (χ1n) is 9.33. The van der Waals surface area contributed by atoms with Gasteiger partial charge in [0.2, 0.25) is 11.9 Å². The first-order chi connectivity index (χ1) is 12.8. The number of benzene rings is 1. The van der Waals surface area contributed by atoms with Crippen LogP contribution >= 0.6 is 0 Å². The molecule has 1 aliphatic heterocycles. The van der Waals surface area contributed by atoms with Crippen LogP contribution in [0.4, 0.5) is 5.95 Å². The summed E-state index contributed by atoms with van der Waals surface area (Å²) in [6, 6.07) is 11.7. The fraction of sp³-hybridized carbons (Fsp3) is 0.450. The maximum Gasteiger partial charge on any atom is 0.225 e. The zero-order valence-electron chi connectivity index (χ0n) is 14.8. The summed E-state index contributed by atoms with van der Waals surface area (Å²) in [6.07, 6.45) is 5.60. The van der Waals surface area contributed by atoms with Crippen LogP contribution < -0.4 is 15.0 Å². The largest absolute Gasteiger partial charge is 0.493 e. The molecule has 1 amide bonds. The van der Waals surface area contributed by atoms with Crippen LogP contribution in [0.3, 0.4) is 0 Å². The van der Waals surface area contributed by atoms with Gasteiger partial charge in [-0.15, -0.1) is 0 Å². The Bertz CT molecular complexity index is 748. The van der Waals surface area contributed by atoms with Gasteiger partial charge in [0.05, 0.1) is 13.0 Å². The van der Waals surface area contributed by atoms with Crippen LogP contribution in [0.2, 0.25) is 0 Å². The van der Waals surface area contributed by atoms with Crippen molar-refractivity contribution in [2.24, 2.45) is 0 Å². The van der Waals surface area contributed by atoms with Gasteiger partial charge in [0.25, 0.3) is 0 Å². The number of hydrogen-bond donors (Lipinski definition) is 1. The van der Waals surface area contributed by atoms with Crippen molar-refractivity contribution < 1.29 is 9.53 Å². The van der Waals surface area contributed by atoms with E-state index in [0.717, 1.165) is 36.9 Å². The highest BCUT2D eigenvalue weighted by molar-refractivity contribution is 5.76. The minimum absolute atomic E-state index is 0.0282. The molecule has 2 heterocycles. The highest BCUT2D eigenvalue weighted by Gasteiger charge is 2.28. The molecule has 0 radical (unpaired) electrons. The molecular weight excluding hydrogens is 328 g/mol. The molecule has 136 valence electrons. The molecule has 2 aliphatic rings. The van der Waals surface area contributed by atoms with E-state index in [2.05, 4.69) is 15.2 Å². The number of aromatic nitrogens is 2. The lowest BCUT2D eigenvalue weighted by Crippen LogP contribution is -2.37. The Morgan fingerprint density at radius 1 is 1.19 bits per heavy atom. The van der Waals surface area contributed by atoms with Crippen molar-refractivity contribution >= 4 is 11.9 Å². The number of ether oxygens (including phenoxy) is 1. The highest BCUT2D eigenvalue weighted by atomic mass is 16.5. The number of rotatable bonds is 7. The molecular formula is C20H24N4O2. The van der Waals surface area contributed by atoms with E-state index < -0.39 is 0 Å². The molecule has 0 spiro atoms. The molecule has 1 atom stereocenters. The molecule has 1 aromatic carbocycles. The molecule has 2 aromatic rings. The maximum absolute atomic E-state index is 12.1. The van der Waals surface area contributed by atoms with E-state index in [0.29, 0.717) is 18.9 Å². The zero-order chi connectivity index (χ0) is 17.8. The molecule has 1 N–H and O–H groups in total. The summed E-state index contributed by atoms with van der Waals surface area (Å²) < 4.78 is 5.58. The van der Waals surface area contributed by atoms with Gasteiger partial charge in [-0.25, -0.2) is 9.97 Å². The van der Waals surface area contributed by atoms with Crippen LogP contribution in [0.15, 0.2) is 42.6 Å². The summed E-state index contributed by atoms with van der Waals surface area (Å²) in [6.45, 7) is 2.03. The quantitative estimate of drug-likeness (QED) is 0.829. The molecule has 26 heavy (non-hydrogen) atoms. The van der Waals surface area contributed by atoms with Crippen LogP contribution in [0.25, 0.3) is 0 Å². The van der Waals surface area contributed by atoms with Crippen molar-refractivity contribution in [3.8, 4) is 5.75 Å². The predicted octanol–water partition coefficient (Wildman–Crippen LogP) is 2.52. The van der Waals surface area contributed by atoms with Gasteiger partial charge in [0, 0.05) is 36.9 Å². The SMILES string of the molecule is O=C(CCOc1ccccc1)NC1CCN(c2nccc(C3CC3)n2)C1. The monoisotopic (exact) mass is 352 g/mol. The molecule has 4 rings (SSSR count). The molecule has 6 heteroatoms. The lowest BCUT2D eigenvalue weighted by atomic mass is 10.2. The van der Waals surface area contributed by atoms with E-state index in [-0.39, 0.29) is 11.9 Å². The Labute approximate surface area is 153 Å². The third kappa shape index (κ3) is 4.31. The van der Waals surface area contributed by atoms with Crippen LogP contribution in [0.5, 0.6) is 5.75 Å². The summed E-state index contributed by atoms with van der Waals surface area (Å²) in [5, 5.41) is 3.10. The lowest BCUT2D eigenvalue weighted by molar-refractivity contribution is -0.122. The van der Waals surface area contributed by atoms with Crippen LogP contribution in [-0.4, -0.2) is 41.6 Å². The highest BCUT2D eigenvalue weighted by Crippen LogP contribution is 2.39. The molecule has 1 saturated heterocycles. The van der Waals surface area contributed by atoms with Gasteiger partial charge in [-0.05, 0) is 37.5 Å². The Morgan fingerprint density at radius 3 is 2.85 bits per heavy atom. The number of anilines is 1. The number of para-hydroxylation sites is 1. The predicted molar refractivity (Wildman–Crippen MR) is 99.3 cm³/mol. The van der Waals surface area contributed by atoms with Crippen molar-refractivity contribution in [2.75, 3.05) is 24.6 Å². The molecule has 0 bridgehead atoms. The molecule has 1 saturated carbocycles. The van der Waals surface area contributed by atoms with Gasteiger partial charge >= 0.3 is 0 Å². The van der Waals surface area contributed by atoms with Crippen molar-refractivity contribution in [2.45, 2.75) is 37.6 Å². The Hall–Kier alpha value is -2.63. The van der Waals surface area contributed by atoms with Gasteiger partial charge in [-0.2, -0.15) is 0 Å². The second-order valence-corrected chi connectivity index (χ2v) is 6.97. The van der Waals surface area contributed by atoms with Crippen LogP contribution in [0.1, 0.15) is 37.3 Å². The van der Waals surface area contributed by atoms with Crippen LogP contribution in [0, 0.1) is 0 Å². The maximum atomic E-state index is 12.1.